The first-order valence-electron chi connectivity index (χ1n) is 7.79. The van der Waals surface area contributed by atoms with Gasteiger partial charge in [0.05, 0.1) is 0 Å². The van der Waals surface area contributed by atoms with Crippen LogP contribution in [0.5, 0.6) is 0 Å². The zero-order valence-corrected chi connectivity index (χ0v) is 15.9. The van der Waals surface area contributed by atoms with Crippen molar-refractivity contribution in [2.75, 3.05) is 13.1 Å². The smallest absolute Gasteiger partial charge is 0.407 e. The van der Waals surface area contributed by atoms with Crippen molar-refractivity contribution in [1.29, 1.82) is 0 Å². The highest BCUT2D eigenvalue weighted by Crippen LogP contribution is 2.16. The molecule has 1 saturated heterocycles. The Bertz CT molecular complexity index is 575. The summed E-state index contributed by atoms with van der Waals surface area (Å²) in [4.78, 5) is 26.1. The molecule has 1 aromatic rings. The van der Waals surface area contributed by atoms with E-state index in [1.54, 1.807) is 0 Å². The lowest BCUT2D eigenvalue weighted by molar-refractivity contribution is 0.0473. The van der Waals surface area contributed by atoms with Crippen molar-refractivity contribution in [3.63, 3.8) is 0 Å². The summed E-state index contributed by atoms with van der Waals surface area (Å²) in [7, 11) is 0. The SMILES string of the molecule is CC(C)(C)OC(=O)NC1CCN(C(=O)c2cccc(I)c2)CC1. The van der Waals surface area contributed by atoms with Gasteiger partial charge >= 0.3 is 6.09 Å². The quantitative estimate of drug-likeness (QED) is 0.732. The van der Waals surface area contributed by atoms with Gasteiger partial charge in [0.25, 0.3) is 5.91 Å². The summed E-state index contributed by atoms with van der Waals surface area (Å²) < 4.78 is 6.32. The molecule has 0 bridgehead atoms. The predicted octanol–water partition coefficient (Wildman–Crippen LogP) is 3.42. The molecule has 0 radical (unpaired) electrons. The van der Waals surface area contributed by atoms with E-state index >= 15 is 0 Å². The van der Waals surface area contributed by atoms with Crippen molar-refractivity contribution in [2.24, 2.45) is 0 Å². The molecule has 1 aliphatic rings. The molecule has 6 heteroatoms. The fraction of sp³-hybridized carbons (Fsp3) is 0.529. The second kappa shape index (κ2) is 7.51. The molecule has 1 N–H and O–H groups in total. The second-order valence-corrected chi connectivity index (χ2v) is 7.97. The number of rotatable bonds is 2. The third-order valence-corrected chi connectivity index (χ3v) is 4.25. The van der Waals surface area contributed by atoms with E-state index in [0.29, 0.717) is 13.1 Å². The number of nitrogens with zero attached hydrogens (tertiary/aromatic N) is 1. The van der Waals surface area contributed by atoms with Gasteiger partial charge in [-0.25, -0.2) is 4.79 Å². The Morgan fingerprint density at radius 1 is 1.26 bits per heavy atom. The monoisotopic (exact) mass is 430 g/mol. The second-order valence-electron chi connectivity index (χ2n) is 6.72. The van der Waals surface area contributed by atoms with Crippen molar-refractivity contribution >= 4 is 34.6 Å². The molecule has 0 atom stereocenters. The maximum absolute atomic E-state index is 12.5. The van der Waals surface area contributed by atoms with Gasteiger partial charge in [0.15, 0.2) is 0 Å². The fourth-order valence-corrected chi connectivity index (χ4v) is 3.05. The highest BCUT2D eigenvalue weighted by atomic mass is 127. The highest BCUT2D eigenvalue weighted by Gasteiger charge is 2.26. The van der Waals surface area contributed by atoms with Crippen LogP contribution in [0.1, 0.15) is 44.0 Å². The fourth-order valence-electron chi connectivity index (χ4n) is 2.51. The average molecular weight is 430 g/mol. The molecule has 23 heavy (non-hydrogen) atoms. The lowest BCUT2D eigenvalue weighted by Crippen LogP contribution is -2.47. The lowest BCUT2D eigenvalue weighted by Gasteiger charge is -2.33. The number of carbonyl (C=O) groups is 2. The van der Waals surface area contributed by atoms with Crippen LogP contribution in [0.2, 0.25) is 0 Å². The van der Waals surface area contributed by atoms with Crippen LogP contribution in [0.25, 0.3) is 0 Å². The number of ether oxygens (including phenoxy) is 1. The Balaban J connectivity index is 1.84. The van der Waals surface area contributed by atoms with Crippen molar-refractivity contribution < 1.29 is 14.3 Å². The van der Waals surface area contributed by atoms with Gasteiger partial charge in [-0.1, -0.05) is 6.07 Å². The lowest BCUT2D eigenvalue weighted by atomic mass is 10.0. The molecular weight excluding hydrogens is 407 g/mol. The Morgan fingerprint density at radius 2 is 1.91 bits per heavy atom. The van der Waals surface area contributed by atoms with Gasteiger partial charge in [-0.05, 0) is 74.4 Å². The Labute approximate surface area is 150 Å². The molecule has 1 aromatic carbocycles. The van der Waals surface area contributed by atoms with E-state index in [9.17, 15) is 9.59 Å². The Kier molecular flexibility index (Phi) is 5.89. The van der Waals surface area contributed by atoms with Crippen LogP contribution in [0.4, 0.5) is 4.79 Å². The van der Waals surface area contributed by atoms with Gasteiger partial charge in [0.2, 0.25) is 0 Å². The highest BCUT2D eigenvalue weighted by molar-refractivity contribution is 14.1. The molecule has 2 amide bonds. The summed E-state index contributed by atoms with van der Waals surface area (Å²) in [5.41, 5.74) is 0.223. The van der Waals surface area contributed by atoms with E-state index in [4.69, 9.17) is 4.74 Å². The number of carbonyl (C=O) groups excluding carboxylic acids is 2. The number of likely N-dealkylation sites (tertiary alicyclic amines) is 1. The minimum absolute atomic E-state index is 0.0548. The number of nitrogens with one attached hydrogen (secondary N) is 1. The van der Waals surface area contributed by atoms with Crippen LogP contribution in [0.3, 0.4) is 0 Å². The summed E-state index contributed by atoms with van der Waals surface area (Å²) in [6.07, 6.45) is 1.10. The molecule has 0 unspecified atom stereocenters. The van der Waals surface area contributed by atoms with Crippen LogP contribution >= 0.6 is 22.6 Å². The maximum Gasteiger partial charge on any atom is 0.407 e. The average Bonchev–Trinajstić information content (AvgIpc) is 2.45. The van der Waals surface area contributed by atoms with E-state index in [0.717, 1.165) is 22.0 Å². The number of piperidine rings is 1. The third-order valence-electron chi connectivity index (χ3n) is 3.57. The summed E-state index contributed by atoms with van der Waals surface area (Å²) in [6.45, 7) is 6.81. The van der Waals surface area contributed by atoms with Crippen LogP contribution in [-0.2, 0) is 4.74 Å². The standard InChI is InChI=1S/C17H23IN2O3/c1-17(2,3)23-16(22)19-14-7-9-20(10-8-14)15(21)12-5-4-6-13(18)11-12/h4-6,11,14H,7-10H2,1-3H3,(H,19,22). The number of hydrogen-bond acceptors (Lipinski definition) is 3. The number of amides is 2. The van der Waals surface area contributed by atoms with Crippen molar-refractivity contribution in [1.82, 2.24) is 10.2 Å². The zero-order valence-electron chi connectivity index (χ0n) is 13.8. The molecule has 2 rings (SSSR count). The maximum atomic E-state index is 12.5. The van der Waals surface area contributed by atoms with E-state index in [1.807, 2.05) is 49.9 Å². The summed E-state index contributed by atoms with van der Waals surface area (Å²) in [5.74, 6) is 0.0548. The van der Waals surface area contributed by atoms with Crippen LogP contribution in [0.15, 0.2) is 24.3 Å². The first-order valence-corrected chi connectivity index (χ1v) is 8.87. The number of benzene rings is 1. The van der Waals surface area contributed by atoms with E-state index in [1.165, 1.54) is 0 Å². The number of halogens is 1. The van der Waals surface area contributed by atoms with Crippen molar-refractivity contribution in [2.45, 2.75) is 45.3 Å². The number of hydrogen-bond donors (Lipinski definition) is 1. The van der Waals surface area contributed by atoms with Gasteiger partial charge in [0, 0.05) is 28.3 Å². The third kappa shape index (κ3) is 5.67. The molecule has 0 saturated carbocycles. The molecule has 1 aliphatic heterocycles. The zero-order chi connectivity index (χ0) is 17.0. The molecule has 1 fully saturated rings. The van der Waals surface area contributed by atoms with E-state index in [-0.39, 0.29) is 18.0 Å². The van der Waals surface area contributed by atoms with Gasteiger partial charge in [-0.2, -0.15) is 0 Å². The van der Waals surface area contributed by atoms with Gasteiger partial charge in [-0.3, -0.25) is 4.79 Å². The molecule has 0 aromatic heterocycles. The molecule has 126 valence electrons. The molecule has 1 heterocycles. The largest absolute Gasteiger partial charge is 0.444 e. The van der Waals surface area contributed by atoms with Gasteiger partial charge in [-0.15, -0.1) is 0 Å². The first-order chi connectivity index (χ1) is 10.7. The normalized spacial score (nSPS) is 16.1. The van der Waals surface area contributed by atoms with Crippen LogP contribution in [0, 0.1) is 3.57 Å². The van der Waals surface area contributed by atoms with Crippen LogP contribution < -0.4 is 5.32 Å². The van der Waals surface area contributed by atoms with E-state index in [2.05, 4.69) is 27.9 Å². The Morgan fingerprint density at radius 3 is 2.48 bits per heavy atom. The van der Waals surface area contributed by atoms with Gasteiger partial charge in [0.1, 0.15) is 5.60 Å². The summed E-state index contributed by atoms with van der Waals surface area (Å²) in [6, 6.07) is 7.66. The summed E-state index contributed by atoms with van der Waals surface area (Å²) in [5, 5.41) is 2.88. The minimum atomic E-state index is -0.495. The first kappa shape index (κ1) is 18.0. The topological polar surface area (TPSA) is 58.6 Å². The van der Waals surface area contributed by atoms with E-state index < -0.39 is 5.60 Å². The molecule has 0 aliphatic carbocycles. The number of alkyl carbamates (subject to hydrolysis) is 1. The Hall–Kier alpha value is -1.31. The predicted molar refractivity (Wildman–Crippen MR) is 97.5 cm³/mol. The summed E-state index contributed by atoms with van der Waals surface area (Å²) >= 11 is 2.20. The molecule has 0 spiro atoms. The van der Waals surface area contributed by atoms with Crippen molar-refractivity contribution in [3.8, 4) is 0 Å². The molecular formula is C17H23IN2O3. The van der Waals surface area contributed by atoms with Crippen molar-refractivity contribution in [3.05, 3.63) is 33.4 Å². The van der Waals surface area contributed by atoms with Crippen LogP contribution in [-0.4, -0.2) is 41.6 Å². The molecule has 5 nitrogen and oxygen atoms in total. The van der Waals surface area contributed by atoms with Gasteiger partial charge < -0.3 is 15.0 Å². The minimum Gasteiger partial charge on any atom is -0.444 e.